The SMILES string of the molecule is Cc1cc(-c2cc(-c3ccccc3)c(C)cc2C)[n+](C)cc1C.Cc1cc(C)c(-c2cc(C(C)C)c(C)c[n+]2C)cc1-c1ccccc1.Cc1cc(C)c(-c2cc(C3CCCC3)cc[n+]2C)cc1-c1ccccc1.Cc1cc(C)c(-c2cc(C3CCCCC3)cc[n+]2C)cc1-c1ccccc1.Cc1ccc(-c2cc(-c3ccccc3)c(C)cc2C)[n+](C)c1. The van der Waals surface area contributed by atoms with Crippen molar-refractivity contribution in [3.05, 3.63) is 386 Å². The lowest BCUT2D eigenvalue weighted by atomic mass is 9.83. The molecule has 0 spiro atoms. The molecule has 0 radical (unpaired) electrons. The minimum Gasteiger partial charge on any atom is -0.201 e. The van der Waals surface area contributed by atoms with Gasteiger partial charge in [-0.2, -0.15) is 0 Å². The molecule has 2 fully saturated rings. The van der Waals surface area contributed by atoms with E-state index in [0.29, 0.717) is 5.92 Å². The first-order valence-electron chi connectivity index (χ1n) is 45.0. The number of benzene rings is 10. The second-order valence-electron chi connectivity index (χ2n) is 35.9. The van der Waals surface area contributed by atoms with Gasteiger partial charge in [0, 0.05) is 87.0 Å². The highest BCUT2D eigenvalue weighted by Gasteiger charge is 2.27. The molecular formula is C118H132N5+5. The number of hydrogen-bond donors (Lipinski definition) is 0. The van der Waals surface area contributed by atoms with E-state index in [9.17, 15) is 0 Å². The highest BCUT2D eigenvalue weighted by atomic mass is 14.9. The van der Waals surface area contributed by atoms with E-state index >= 15 is 0 Å². The molecule has 5 heteroatoms. The fourth-order valence-electron chi connectivity index (χ4n) is 19.1. The van der Waals surface area contributed by atoms with Crippen LogP contribution in [0.2, 0.25) is 0 Å². The molecule has 5 heterocycles. The molecule has 17 rings (SSSR count). The van der Waals surface area contributed by atoms with Crippen molar-refractivity contribution < 1.29 is 22.8 Å². The number of rotatable bonds is 13. The summed E-state index contributed by atoms with van der Waals surface area (Å²) in [6.07, 6.45) is 23.4. The number of nitrogens with zero attached hydrogens (tertiary/aromatic N) is 5. The van der Waals surface area contributed by atoms with Gasteiger partial charge >= 0.3 is 0 Å². The summed E-state index contributed by atoms with van der Waals surface area (Å²) in [5, 5.41) is 0. The zero-order chi connectivity index (χ0) is 87.3. The molecule has 0 N–H and O–H groups in total. The second-order valence-corrected chi connectivity index (χ2v) is 35.9. The van der Waals surface area contributed by atoms with Crippen LogP contribution in [0.1, 0.15) is 184 Å². The van der Waals surface area contributed by atoms with E-state index in [4.69, 9.17) is 0 Å². The van der Waals surface area contributed by atoms with E-state index in [2.05, 4.69) is 461 Å². The third kappa shape index (κ3) is 21.2. The molecule has 0 amide bonds. The van der Waals surface area contributed by atoms with Crippen LogP contribution in [0.3, 0.4) is 0 Å². The summed E-state index contributed by atoms with van der Waals surface area (Å²) in [4.78, 5) is 0. The van der Waals surface area contributed by atoms with Gasteiger partial charge in [0.15, 0.2) is 31.0 Å². The maximum absolute atomic E-state index is 2.45. The van der Waals surface area contributed by atoms with Gasteiger partial charge in [-0.25, -0.2) is 22.8 Å². The first kappa shape index (κ1) is 88.7. The first-order valence-corrected chi connectivity index (χ1v) is 45.0. The average Bonchev–Trinajstić information content (AvgIpc) is 1.73. The van der Waals surface area contributed by atoms with Gasteiger partial charge in [0.25, 0.3) is 0 Å². The number of pyridine rings is 5. The molecule has 2 aliphatic rings. The Labute approximate surface area is 737 Å². The van der Waals surface area contributed by atoms with Crippen molar-refractivity contribution in [2.75, 3.05) is 0 Å². The van der Waals surface area contributed by atoms with Crippen LogP contribution in [-0.2, 0) is 35.2 Å². The van der Waals surface area contributed by atoms with Gasteiger partial charge in [-0.05, 0) is 310 Å². The van der Waals surface area contributed by atoms with E-state index < -0.39 is 0 Å². The average molecular weight is 1620 g/mol. The molecule has 10 aromatic carbocycles. The minimum atomic E-state index is 0.527. The molecule has 0 aliphatic heterocycles. The van der Waals surface area contributed by atoms with Crippen molar-refractivity contribution in [3.8, 4) is 112 Å². The summed E-state index contributed by atoms with van der Waals surface area (Å²) in [7, 11) is 10.7. The van der Waals surface area contributed by atoms with E-state index in [1.54, 1.807) is 0 Å². The van der Waals surface area contributed by atoms with Crippen LogP contribution in [0, 0.1) is 96.9 Å². The van der Waals surface area contributed by atoms with Crippen LogP contribution in [0.5, 0.6) is 0 Å². The first-order chi connectivity index (χ1) is 59.2. The summed E-state index contributed by atoms with van der Waals surface area (Å²) < 4.78 is 11.2. The van der Waals surface area contributed by atoms with Crippen LogP contribution in [-0.4, -0.2) is 0 Å². The van der Waals surface area contributed by atoms with Crippen molar-refractivity contribution in [2.45, 2.75) is 186 Å². The van der Waals surface area contributed by atoms with Crippen molar-refractivity contribution in [1.29, 1.82) is 0 Å². The smallest absolute Gasteiger partial charge is 0.201 e. The largest absolute Gasteiger partial charge is 0.212 e. The van der Waals surface area contributed by atoms with E-state index in [1.807, 2.05) is 0 Å². The van der Waals surface area contributed by atoms with Gasteiger partial charge in [0.2, 0.25) is 28.5 Å². The van der Waals surface area contributed by atoms with Crippen LogP contribution >= 0.6 is 0 Å². The predicted molar refractivity (Wildman–Crippen MR) is 520 cm³/mol. The van der Waals surface area contributed by atoms with Crippen molar-refractivity contribution in [2.24, 2.45) is 35.2 Å². The van der Waals surface area contributed by atoms with Gasteiger partial charge in [-0.3, -0.25) is 0 Å². The summed E-state index contributed by atoms with van der Waals surface area (Å²) in [5.41, 5.74) is 49.1. The molecule has 624 valence electrons. The zero-order valence-corrected chi connectivity index (χ0v) is 77.5. The summed E-state index contributed by atoms with van der Waals surface area (Å²) in [6.45, 7) is 35.3. The molecule has 2 aliphatic carbocycles. The lowest BCUT2D eigenvalue weighted by Gasteiger charge is -2.22. The molecule has 0 atom stereocenters. The number of aryl methyl sites for hydroxylation is 19. The Kier molecular flexibility index (Phi) is 29.1. The Morgan fingerprint density at radius 2 is 0.488 bits per heavy atom. The lowest BCUT2D eigenvalue weighted by Crippen LogP contribution is -2.32. The quantitative estimate of drug-likeness (QED) is 0.103. The van der Waals surface area contributed by atoms with Gasteiger partial charge in [-0.15, -0.1) is 0 Å². The van der Waals surface area contributed by atoms with Gasteiger partial charge < -0.3 is 0 Å². The Morgan fingerprint density at radius 3 is 0.797 bits per heavy atom. The molecule has 0 unspecified atom stereocenters. The highest BCUT2D eigenvalue weighted by Crippen LogP contribution is 2.41. The van der Waals surface area contributed by atoms with Crippen LogP contribution in [0.4, 0.5) is 0 Å². The summed E-state index contributed by atoms with van der Waals surface area (Å²) in [5.74, 6) is 2.01. The van der Waals surface area contributed by atoms with Crippen LogP contribution in [0.25, 0.3) is 112 Å². The Hall–Kier alpha value is -12.1. The molecule has 0 bridgehead atoms. The van der Waals surface area contributed by atoms with Crippen molar-refractivity contribution >= 4 is 0 Å². The molecular weight excluding hydrogens is 1490 g/mol. The van der Waals surface area contributed by atoms with Crippen molar-refractivity contribution in [3.63, 3.8) is 0 Å². The number of aromatic nitrogens is 5. The standard InChI is InChI=1S/C26H30N.C25H28N.C24H28N.C22H24N.C21H22N/c1-19-16-20(2)25(18-24(19)22-12-8-5-9-13-22)26-17-23(14-15-27(26)3)21-10-6-4-7-11-21;1-18-15-19(2)24(17-23(18)21-11-5-4-6-12-21)25-16-22(13-14-26(25)3)20-9-7-8-10-20;1-16(2)21-14-24(25(6)15-19(21)5)23-13-22(17(3)12-18(23)4)20-10-8-7-9-11-20;1-15-12-22(23(5)14-18(15)4)21-13-20(16(2)11-17(21)3)19-9-7-6-8-10-19;1-15-10-11-21(22(4)14-15)20-13-19(16(2)12-17(20)3)18-8-6-5-7-9-18/h5,8-9,12-18,21H,4,6-7,10-11H2,1-3H3;4-6,11-17,20H,7-10H2,1-3H3;7-16H,1-6H3;6-14H,1-5H3;5-14H,1-4H3/q5*+1. The van der Waals surface area contributed by atoms with E-state index in [1.165, 1.54) is 264 Å². The Balaban J connectivity index is 0.000000133. The molecule has 15 aromatic rings. The summed E-state index contributed by atoms with van der Waals surface area (Å²) in [6, 6.07) is 95.3. The molecule has 123 heavy (non-hydrogen) atoms. The molecule has 5 nitrogen and oxygen atoms in total. The normalized spacial score (nSPS) is 12.6. The van der Waals surface area contributed by atoms with Crippen LogP contribution < -0.4 is 22.8 Å². The topological polar surface area (TPSA) is 19.4 Å². The highest BCUT2D eigenvalue weighted by molar-refractivity contribution is 5.81. The maximum atomic E-state index is 2.45. The van der Waals surface area contributed by atoms with Gasteiger partial charge in [0.1, 0.15) is 35.2 Å². The van der Waals surface area contributed by atoms with Gasteiger partial charge in [-0.1, -0.05) is 228 Å². The summed E-state index contributed by atoms with van der Waals surface area (Å²) >= 11 is 0. The third-order valence-electron chi connectivity index (χ3n) is 26.1. The van der Waals surface area contributed by atoms with E-state index in [0.717, 1.165) is 11.8 Å². The third-order valence-corrected chi connectivity index (χ3v) is 26.1. The molecule has 5 aromatic heterocycles. The second kappa shape index (κ2) is 40.3. The zero-order valence-electron chi connectivity index (χ0n) is 77.5. The maximum Gasteiger partial charge on any atom is 0.212 e. The monoisotopic (exact) mass is 1620 g/mol. The van der Waals surface area contributed by atoms with E-state index in [-0.39, 0.29) is 0 Å². The lowest BCUT2D eigenvalue weighted by molar-refractivity contribution is -0.660. The minimum absolute atomic E-state index is 0.527. The molecule has 0 saturated heterocycles. The predicted octanol–water partition coefficient (Wildman–Crippen LogP) is 28.4. The van der Waals surface area contributed by atoms with Gasteiger partial charge in [0.05, 0.1) is 0 Å². The van der Waals surface area contributed by atoms with Crippen molar-refractivity contribution in [1.82, 2.24) is 0 Å². The molecule has 2 saturated carbocycles. The fraction of sp³-hybridized carbons (Fsp3) is 0.280. The van der Waals surface area contributed by atoms with Crippen LogP contribution in [0.15, 0.2) is 292 Å². The number of hydrogen-bond acceptors (Lipinski definition) is 0. The Bertz CT molecular complexity index is 6200. The Morgan fingerprint density at radius 1 is 0.220 bits per heavy atom. The fourth-order valence-corrected chi connectivity index (χ4v) is 19.1.